The number of nitrogens with one attached hydrogen (secondary N) is 2. The summed E-state index contributed by atoms with van der Waals surface area (Å²) in [6.45, 7) is 4.13. The number of hydrogen-bond donors (Lipinski definition) is 3. The SMILES string of the molecule is CCC(C)(NC(=O)NCC1COc2ccccc21)C(=O)O. The quantitative estimate of drug-likeness (QED) is 0.771. The van der Waals surface area contributed by atoms with E-state index in [2.05, 4.69) is 10.6 Å². The summed E-state index contributed by atoms with van der Waals surface area (Å²) in [5, 5.41) is 14.3. The molecule has 0 aromatic heterocycles. The van der Waals surface area contributed by atoms with Gasteiger partial charge >= 0.3 is 12.0 Å². The first kappa shape index (κ1) is 15.2. The first-order valence-electron chi connectivity index (χ1n) is 6.97. The normalized spacial score (nSPS) is 19.0. The maximum atomic E-state index is 11.9. The summed E-state index contributed by atoms with van der Waals surface area (Å²) in [5.41, 5.74) is -0.192. The number of fused-ring (bicyclic) bond motifs is 1. The zero-order valence-corrected chi connectivity index (χ0v) is 12.2. The van der Waals surface area contributed by atoms with E-state index in [0.717, 1.165) is 11.3 Å². The predicted octanol–water partition coefficient (Wildman–Crippen LogP) is 1.72. The molecule has 1 aliphatic heterocycles. The van der Waals surface area contributed by atoms with E-state index in [1.165, 1.54) is 6.92 Å². The monoisotopic (exact) mass is 292 g/mol. The lowest BCUT2D eigenvalue weighted by Gasteiger charge is -2.25. The summed E-state index contributed by atoms with van der Waals surface area (Å²) < 4.78 is 5.54. The van der Waals surface area contributed by atoms with Crippen LogP contribution in [0.2, 0.25) is 0 Å². The molecule has 2 atom stereocenters. The first-order valence-corrected chi connectivity index (χ1v) is 6.97. The number of ether oxygens (including phenoxy) is 1. The molecule has 1 aliphatic rings. The lowest BCUT2D eigenvalue weighted by atomic mass is 9.99. The van der Waals surface area contributed by atoms with Gasteiger partial charge in [0.05, 0.1) is 6.61 Å². The van der Waals surface area contributed by atoms with Crippen molar-refractivity contribution >= 4 is 12.0 Å². The molecule has 0 fully saturated rings. The van der Waals surface area contributed by atoms with Crippen LogP contribution in [0.4, 0.5) is 4.79 Å². The third kappa shape index (κ3) is 3.26. The number of carboxylic acid groups (broad SMARTS) is 1. The van der Waals surface area contributed by atoms with Gasteiger partial charge in [-0.3, -0.25) is 0 Å². The third-order valence-electron chi connectivity index (χ3n) is 3.88. The van der Waals surface area contributed by atoms with Gasteiger partial charge in [-0.2, -0.15) is 0 Å². The van der Waals surface area contributed by atoms with Crippen molar-refractivity contribution in [2.75, 3.05) is 13.2 Å². The fourth-order valence-electron chi connectivity index (χ4n) is 2.20. The van der Waals surface area contributed by atoms with E-state index in [0.29, 0.717) is 19.6 Å². The Morgan fingerprint density at radius 1 is 1.43 bits per heavy atom. The van der Waals surface area contributed by atoms with Crippen molar-refractivity contribution in [1.29, 1.82) is 0 Å². The van der Waals surface area contributed by atoms with E-state index >= 15 is 0 Å². The van der Waals surface area contributed by atoms with Crippen LogP contribution < -0.4 is 15.4 Å². The standard InChI is InChI=1S/C15H20N2O4/c1-3-15(2,13(18)19)17-14(20)16-8-10-9-21-12-7-5-4-6-11(10)12/h4-7,10H,3,8-9H2,1-2H3,(H,18,19)(H2,16,17,20). The summed E-state index contributed by atoms with van der Waals surface area (Å²) in [6.07, 6.45) is 0.311. The molecule has 21 heavy (non-hydrogen) atoms. The third-order valence-corrected chi connectivity index (χ3v) is 3.88. The Morgan fingerprint density at radius 2 is 2.14 bits per heavy atom. The van der Waals surface area contributed by atoms with E-state index in [1.807, 2.05) is 24.3 Å². The summed E-state index contributed by atoms with van der Waals surface area (Å²) in [6, 6.07) is 7.22. The Balaban J connectivity index is 1.90. The second-order valence-corrected chi connectivity index (χ2v) is 5.37. The van der Waals surface area contributed by atoms with Crippen molar-refractivity contribution in [3.05, 3.63) is 29.8 Å². The number of aliphatic carboxylic acids is 1. The van der Waals surface area contributed by atoms with Crippen LogP contribution in [0.25, 0.3) is 0 Å². The summed E-state index contributed by atoms with van der Waals surface area (Å²) in [7, 11) is 0. The summed E-state index contributed by atoms with van der Waals surface area (Å²) in [5.74, 6) is -0.118. The highest BCUT2D eigenvalue weighted by atomic mass is 16.5. The first-order chi connectivity index (χ1) is 9.96. The highest BCUT2D eigenvalue weighted by Crippen LogP contribution is 2.32. The second-order valence-electron chi connectivity index (χ2n) is 5.37. The molecule has 2 unspecified atom stereocenters. The van der Waals surface area contributed by atoms with E-state index < -0.39 is 17.5 Å². The van der Waals surface area contributed by atoms with Crippen LogP contribution in [0.5, 0.6) is 5.75 Å². The molecule has 114 valence electrons. The number of carboxylic acids is 1. The van der Waals surface area contributed by atoms with Crippen LogP contribution in [0.15, 0.2) is 24.3 Å². The molecule has 6 nitrogen and oxygen atoms in total. The molecule has 0 bridgehead atoms. The minimum Gasteiger partial charge on any atom is -0.493 e. The molecule has 6 heteroatoms. The lowest BCUT2D eigenvalue weighted by molar-refractivity contribution is -0.143. The van der Waals surface area contributed by atoms with Crippen molar-refractivity contribution in [1.82, 2.24) is 10.6 Å². The predicted molar refractivity (Wildman–Crippen MR) is 77.5 cm³/mol. The molecule has 0 aliphatic carbocycles. The Morgan fingerprint density at radius 3 is 2.81 bits per heavy atom. The Bertz CT molecular complexity index is 546. The van der Waals surface area contributed by atoms with Crippen molar-refractivity contribution in [3.8, 4) is 5.75 Å². The van der Waals surface area contributed by atoms with Gasteiger partial charge in [-0.15, -0.1) is 0 Å². The minimum atomic E-state index is -1.26. The molecule has 0 radical (unpaired) electrons. The van der Waals surface area contributed by atoms with Gasteiger partial charge in [0.2, 0.25) is 0 Å². The number of carbonyl (C=O) groups excluding carboxylic acids is 1. The highest BCUT2D eigenvalue weighted by Gasteiger charge is 2.33. The zero-order chi connectivity index (χ0) is 15.5. The van der Waals surface area contributed by atoms with Crippen LogP contribution in [-0.2, 0) is 4.79 Å². The van der Waals surface area contributed by atoms with Crippen molar-refractivity contribution in [3.63, 3.8) is 0 Å². The average molecular weight is 292 g/mol. The maximum Gasteiger partial charge on any atom is 0.329 e. The van der Waals surface area contributed by atoms with Crippen LogP contribution in [-0.4, -0.2) is 35.8 Å². The van der Waals surface area contributed by atoms with Gasteiger partial charge in [0, 0.05) is 18.0 Å². The van der Waals surface area contributed by atoms with Gasteiger partial charge in [0.25, 0.3) is 0 Å². The largest absolute Gasteiger partial charge is 0.493 e. The van der Waals surface area contributed by atoms with Crippen molar-refractivity contribution < 1.29 is 19.4 Å². The molecule has 0 saturated carbocycles. The van der Waals surface area contributed by atoms with Crippen LogP contribution in [0.3, 0.4) is 0 Å². The van der Waals surface area contributed by atoms with Gasteiger partial charge in [-0.25, -0.2) is 9.59 Å². The number of rotatable bonds is 5. The minimum absolute atomic E-state index is 0.0876. The zero-order valence-electron chi connectivity index (χ0n) is 12.2. The second kappa shape index (κ2) is 6.03. The van der Waals surface area contributed by atoms with E-state index in [4.69, 9.17) is 9.84 Å². The van der Waals surface area contributed by atoms with Crippen LogP contribution >= 0.6 is 0 Å². The summed E-state index contributed by atoms with van der Waals surface area (Å²) >= 11 is 0. The molecule has 2 rings (SSSR count). The topological polar surface area (TPSA) is 87.7 Å². The molecular formula is C15H20N2O4. The van der Waals surface area contributed by atoms with Gasteiger partial charge in [0.1, 0.15) is 11.3 Å². The number of urea groups is 1. The smallest absolute Gasteiger partial charge is 0.329 e. The number of benzene rings is 1. The van der Waals surface area contributed by atoms with E-state index in [1.54, 1.807) is 6.92 Å². The fraction of sp³-hybridized carbons (Fsp3) is 0.467. The number of hydrogen-bond acceptors (Lipinski definition) is 3. The summed E-state index contributed by atoms with van der Waals surface area (Å²) in [4.78, 5) is 23.0. The Labute approximate surface area is 123 Å². The fourth-order valence-corrected chi connectivity index (χ4v) is 2.20. The maximum absolute atomic E-state index is 11.9. The highest BCUT2D eigenvalue weighted by molar-refractivity contribution is 5.85. The molecule has 0 saturated heterocycles. The number of para-hydroxylation sites is 1. The van der Waals surface area contributed by atoms with Crippen LogP contribution in [0.1, 0.15) is 31.7 Å². The van der Waals surface area contributed by atoms with Crippen molar-refractivity contribution in [2.45, 2.75) is 31.7 Å². The Hall–Kier alpha value is -2.24. The van der Waals surface area contributed by atoms with Gasteiger partial charge in [-0.05, 0) is 19.4 Å². The average Bonchev–Trinajstić information content (AvgIpc) is 2.88. The molecular weight excluding hydrogens is 272 g/mol. The molecule has 1 heterocycles. The Kier molecular flexibility index (Phi) is 4.35. The number of amides is 2. The lowest BCUT2D eigenvalue weighted by Crippen LogP contribution is -2.55. The molecule has 2 amide bonds. The van der Waals surface area contributed by atoms with Gasteiger partial charge in [-0.1, -0.05) is 25.1 Å². The van der Waals surface area contributed by atoms with E-state index in [-0.39, 0.29) is 5.92 Å². The van der Waals surface area contributed by atoms with Gasteiger partial charge in [0.15, 0.2) is 0 Å². The molecule has 1 aromatic rings. The number of carbonyl (C=O) groups is 2. The molecule has 1 aromatic carbocycles. The van der Waals surface area contributed by atoms with E-state index in [9.17, 15) is 9.59 Å². The molecule has 0 spiro atoms. The van der Waals surface area contributed by atoms with Crippen LogP contribution in [0, 0.1) is 0 Å². The van der Waals surface area contributed by atoms with Gasteiger partial charge < -0.3 is 20.5 Å². The van der Waals surface area contributed by atoms with Crippen molar-refractivity contribution in [2.24, 2.45) is 0 Å². The molecule has 3 N–H and O–H groups in total.